The molecule has 3 N–H and O–H groups in total. The second kappa shape index (κ2) is 8.69. The van der Waals surface area contributed by atoms with Gasteiger partial charge in [-0.2, -0.15) is 0 Å². The zero-order chi connectivity index (χ0) is 18.6. The number of piperidine rings is 2. The number of nitrogens with zero attached hydrogens (tertiary/aromatic N) is 2. The summed E-state index contributed by atoms with van der Waals surface area (Å²) < 4.78 is 0. The number of β-amino-alcohol motifs (C(OH)–C–C–N with tert-alkyl or cyclic N) is 1. The van der Waals surface area contributed by atoms with E-state index in [2.05, 4.69) is 46.1 Å². The van der Waals surface area contributed by atoms with Crippen molar-refractivity contribution in [2.24, 2.45) is 5.92 Å². The Hall–Kier alpha value is -1.47. The third-order valence-corrected chi connectivity index (χ3v) is 6.49. The van der Waals surface area contributed by atoms with Crippen LogP contribution in [0.2, 0.25) is 0 Å². The number of carbonyl (C=O) groups is 1. The molecule has 27 heavy (non-hydrogen) atoms. The summed E-state index contributed by atoms with van der Waals surface area (Å²) in [5.41, 5.74) is 8.24. The molecule has 1 amide bonds. The molecule has 0 spiro atoms. The minimum atomic E-state index is -0.270. The summed E-state index contributed by atoms with van der Waals surface area (Å²) in [5, 5.41) is 9.80. The van der Waals surface area contributed by atoms with Crippen LogP contribution in [-0.2, 0) is 4.79 Å². The zero-order valence-electron chi connectivity index (χ0n) is 16.0. The van der Waals surface area contributed by atoms with Gasteiger partial charge in [-0.25, -0.2) is 0 Å². The molecule has 148 valence electrons. The van der Waals surface area contributed by atoms with Crippen LogP contribution < -0.4 is 10.9 Å². The van der Waals surface area contributed by atoms with Gasteiger partial charge < -0.3 is 10.0 Å². The van der Waals surface area contributed by atoms with Gasteiger partial charge in [-0.05, 0) is 43.7 Å². The molecule has 0 saturated carbocycles. The number of benzene rings is 1. The van der Waals surface area contributed by atoms with Crippen molar-refractivity contribution in [1.29, 1.82) is 0 Å². The Morgan fingerprint density at radius 1 is 1.11 bits per heavy atom. The average molecular weight is 373 g/mol. The molecule has 3 aliphatic rings. The summed E-state index contributed by atoms with van der Waals surface area (Å²) in [6.45, 7) is 4.68. The third kappa shape index (κ3) is 4.51. The fraction of sp³-hybridized carbons (Fsp3) is 0.667. The lowest BCUT2D eigenvalue weighted by atomic mass is 9.80. The van der Waals surface area contributed by atoms with Gasteiger partial charge >= 0.3 is 0 Å². The molecule has 1 aromatic rings. The van der Waals surface area contributed by atoms with Crippen molar-refractivity contribution in [2.75, 3.05) is 39.3 Å². The van der Waals surface area contributed by atoms with Crippen LogP contribution in [0.1, 0.15) is 37.2 Å². The van der Waals surface area contributed by atoms with Crippen molar-refractivity contribution < 1.29 is 9.90 Å². The minimum absolute atomic E-state index is 0.222. The summed E-state index contributed by atoms with van der Waals surface area (Å²) in [6, 6.07) is 11.2. The van der Waals surface area contributed by atoms with Gasteiger partial charge in [0.15, 0.2) is 0 Å². The van der Waals surface area contributed by atoms with Crippen LogP contribution in [0, 0.1) is 5.92 Å². The number of aliphatic hydroxyl groups excluding tert-OH is 1. The molecule has 6 nitrogen and oxygen atoms in total. The predicted molar refractivity (Wildman–Crippen MR) is 105 cm³/mol. The molecular weight excluding hydrogens is 340 g/mol. The molecule has 6 heteroatoms. The van der Waals surface area contributed by atoms with Crippen molar-refractivity contribution in [3.05, 3.63) is 35.9 Å². The fourth-order valence-electron chi connectivity index (χ4n) is 4.96. The summed E-state index contributed by atoms with van der Waals surface area (Å²) in [6.07, 6.45) is 3.68. The molecular formula is C21H32N4O2. The summed E-state index contributed by atoms with van der Waals surface area (Å²) in [4.78, 5) is 16.8. The van der Waals surface area contributed by atoms with Gasteiger partial charge in [-0.3, -0.25) is 20.5 Å². The van der Waals surface area contributed by atoms with Crippen molar-refractivity contribution in [1.82, 2.24) is 20.7 Å². The zero-order valence-corrected chi connectivity index (χ0v) is 16.0. The van der Waals surface area contributed by atoms with E-state index >= 15 is 0 Å². The van der Waals surface area contributed by atoms with Gasteiger partial charge in [0.25, 0.3) is 0 Å². The molecule has 3 heterocycles. The Balaban J connectivity index is 1.29. The Morgan fingerprint density at radius 3 is 2.63 bits per heavy atom. The Morgan fingerprint density at radius 2 is 1.89 bits per heavy atom. The van der Waals surface area contributed by atoms with Crippen LogP contribution in [-0.4, -0.2) is 72.2 Å². The van der Waals surface area contributed by atoms with Gasteiger partial charge in [-0.1, -0.05) is 30.3 Å². The smallest absolute Gasteiger partial charge is 0.236 e. The van der Waals surface area contributed by atoms with Crippen LogP contribution in [0.3, 0.4) is 0 Å². The highest BCUT2D eigenvalue weighted by Gasteiger charge is 2.37. The van der Waals surface area contributed by atoms with Crippen molar-refractivity contribution in [3.8, 4) is 0 Å². The topological polar surface area (TPSA) is 67.8 Å². The van der Waals surface area contributed by atoms with Gasteiger partial charge in [0.1, 0.15) is 0 Å². The second-order valence-electron chi connectivity index (χ2n) is 8.32. The molecule has 3 unspecified atom stereocenters. The highest BCUT2D eigenvalue weighted by atomic mass is 16.3. The number of aliphatic hydroxyl groups is 1. The average Bonchev–Trinajstić information content (AvgIpc) is 3.19. The molecule has 0 radical (unpaired) electrons. The maximum absolute atomic E-state index is 12.7. The van der Waals surface area contributed by atoms with Crippen LogP contribution >= 0.6 is 0 Å². The molecule has 0 aliphatic carbocycles. The number of hydrazine groups is 1. The number of nitrogens with one attached hydrogen (secondary N) is 2. The first-order valence-corrected chi connectivity index (χ1v) is 10.4. The monoisotopic (exact) mass is 372 g/mol. The Labute approximate surface area is 161 Å². The molecule has 1 aromatic carbocycles. The van der Waals surface area contributed by atoms with Crippen LogP contribution in [0.4, 0.5) is 0 Å². The number of carbonyl (C=O) groups excluding carboxylic acids is 1. The number of hydrogen-bond acceptors (Lipinski definition) is 5. The molecule has 3 fully saturated rings. The summed E-state index contributed by atoms with van der Waals surface area (Å²) >= 11 is 0. The normalized spacial score (nSPS) is 30.6. The second-order valence-corrected chi connectivity index (χ2v) is 8.32. The predicted octanol–water partition coefficient (Wildman–Crippen LogP) is 0.942. The fourth-order valence-corrected chi connectivity index (χ4v) is 4.96. The molecule has 4 rings (SSSR count). The summed E-state index contributed by atoms with van der Waals surface area (Å²) in [7, 11) is 0. The lowest BCUT2D eigenvalue weighted by Gasteiger charge is -2.38. The first kappa shape index (κ1) is 18.9. The SMILES string of the molecule is O=C(CN1CCCC(O)C1)N1CCC(C2NNCC2c2ccccc2)CC1. The Kier molecular flexibility index (Phi) is 6.08. The van der Waals surface area contributed by atoms with Crippen molar-refractivity contribution >= 4 is 5.91 Å². The highest BCUT2D eigenvalue weighted by molar-refractivity contribution is 5.78. The van der Waals surface area contributed by atoms with E-state index in [0.29, 0.717) is 31.0 Å². The van der Waals surface area contributed by atoms with Crippen LogP contribution in [0.25, 0.3) is 0 Å². The van der Waals surface area contributed by atoms with Gasteiger partial charge in [-0.15, -0.1) is 0 Å². The van der Waals surface area contributed by atoms with Crippen LogP contribution in [0.5, 0.6) is 0 Å². The van der Waals surface area contributed by atoms with Gasteiger partial charge in [0, 0.05) is 38.1 Å². The summed E-state index contributed by atoms with van der Waals surface area (Å²) in [5.74, 6) is 1.30. The molecule has 0 aromatic heterocycles. The van der Waals surface area contributed by atoms with E-state index < -0.39 is 0 Å². The standard InChI is InChI=1S/C21H32N4O2/c26-18-7-4-10-24(14-18)15-20(27)25-11-8-17(9-12-25)21-19(13-22-23-21)16-5-2-1-3-6-16/h1-3,5-6,17-19,21-23,26H,4,7-15H2. The van der Waals surface area contributed by atoms with E-state index in [-0.39, 0.29) is 12.0 Å². The molecule has 3 saturated heterocycles. The maximum atomic E-state index is 12.7. The van der Waals surface area contributed by atoms with Gasteiger partial charge in [0.2, 0.25) is 5.91 Å². The van der Waals surface area contributed by atoms with E-state index in [1.54, 1.807) is 0 Å². The lowest BCUT2D eigenvalue weighted by molar-refractivity contribution is -0.134. The van der Waals surface area contributed by atoms with Crippen LogP contribution in [0.15, 0.2) is 30.3 Å². The van der Waals surface area contributed by atoms with Gasteiger partial charge in [0.05, 0.1) is 12.6 Å². The highest BCUT2D eigenvalue weighted by Crippen LogP contribution is 2.32. The van der Waals surface area contributed by atoms with E-state index in [0.717, 1.165) is 51.9 Å². The maximum Gasteiger partial charge on any atom is 0.236 e. The molecule has 3 aliphatic heterocycles. The number of likely N-dealkylation sites (tertiary alicyclic amines) is 2. The largest absolute Gasteiger partial charge is 0.392 e. The van der Waals surface area contributed by atoms with Crippen molar-refractivity contribution in [3.63, 3.8) is 0 Å². The minimum Gasteiger partial charge on any atom is -0.392 e. The first-order chi connectivity index (χ1) is 13.2. The van der Waals surface area contributed by atoms with E-state index in [9.17, 15) is 9.90 Å². The van der Waals surface area contributed by atoms with E-state index in [1.807, 2.05) is 4.90 Å². The third-order valence-electron chi connectivity index (χ3n) is 6.49. The van der Waals surface area contributed by atoms with E-state index in [1.165, 1.54) is 5.56 Å². The molecule has 3 atom stereocenters. The number of amides is 1. The first-order valence-electron chi connectivity index (χ1n) is 10.4. The quantitative estimate of drug-likeness (QED) is 0.734. The number of rotatable bonds is 4. The van der Waals surface area contributed by atoms with E-state index in [4.69, 9.17) is 0 Å². The van der Waals surface area contributed by atoms with Crippen molar-refractivity contribution in [2.45, 2.75) is 43.7 Å². The Bertz CT molecular complexity index is 618. The number of hydrogen-bond donors (Lipinski definition) is 3. The molecule has 0 bridgehead atoms. The lowest BCUT2D eigenvalue weighted by Crippen LogP contribution is -2.49.